The summed E-state index contributed by atoms with van der Waals surface area (Å²) in [6.07, 6.45) is 0. The average molecular weight is 381 g/mol. The van der Waals surface area contributed by atoms with E-state index in [0.29, 0.717) is 5.69 Å². The van der Waals surface area contributed by atoms with E-state index in [2.05, 4.69) is 21.2 Å². The van der Waals surface area contributed by atoms with Gasteiger partial charge in [-0.15, -0.1) is 0 Å². The van der Waals surface area contributed by atoms with Crippen LogP contribution in [0.1, 0.15) is 0 Å². The van der Waals surface area contributed by atoms with Crippen molar-refractivity contribution in [3.05, 3.63) is 58.8 Å². The van der Waals surface area contributed by atoms with Gasteiger partial charge in [0.05, 0.1) is 5.69 Å². The third-order valence-electron chi connectivity index (χ3n) is 3.07. The molecule has 22 heavy (non-hydrogen) atoms. The molecule has 1 N–H and O–H groups in total. The van der Waals surface area contributed by atoms with Gasteiger partial charge in [-0.2, -0.15) is 0 Å². The Morgan fingerprint density at radius 2 is 1.68 bits per heavy atom. The van der Waals surface area contributed by atoms with Crippen LogP contribution in [0.25, 0.3) is 0 Å². The van der Waals surface area contributed by atoms with Crippen molar-refractivity contribution in [3.8, 4) is 0 Å². The van der Waals surface area contributed by atoms with E-state index in [1.165, 1.54) is 24.3 Å². The molecule has 1 unspecified atom stereocenters. The van der Waals surface area contributed by atoms with Crippen molar-refractivity contribution in [2.75, 3.05) is 10.2 Å². The molecule has 1 aliphatic heterocycles. The highest BCUT2D eigenvalue weighted by atomic mass is 79.9. The fourth-order valence-corrected chi connectivity index (χ4v) is 3.19. The highest BCUT2D eigenvalue weighted by Crippen LogP contribution is 2.32. The number of thioether (sulfide) groups is 1. The number of nitrogens with zero attached hydrogens (tertiary/aromatic N) is 1. The van der Waals surface area contributed by atoms with Gasteiger partial charge >= 0.3 is 0 Å². The molecular formula is C15H10BrFN2O2S. The number of carbonyl (C=O) groups excluding carboxylic acids is 2. The zero-order valence-corrected chi connectivity index (χ0v) is 13.5. The molecule has 7 heteroatoms. The van der Waals surface area contributed by atoms with Gasteiger partial charge in [0.1, 0.15) is 5.82 Å². The van der Waals surface area contributed by atoms with Crippen molar-refractivity contribution < 1.29 is 14.0 Å². The summed E-state index contributed by atoms with van der Waals surface area (Å²) in [5, 5.41) is 1.94. The lowest BCUT2D eigenvalue weighted by Gasteiger charge is -2.14. The topological polar surface area (TPSA) is 49.4 Å². The molecule has 2 amide bonds. The minimum atomic E-state index is -0.696. The first-order chi connectivity index (χ1) is 10.5. The van der Waals surface area contributed by atoms with Gasteiger partial charge in [0.15, 0.2) is 5.37 Å². The molecule has 0 aliphatic carbocycles. The zero-order chi connectivity index (χ0) is 15.7. The number of carbonyl (C=O) groups is 2. The predicted octanol–water partition coefficient (Wildman–Crippen LogP) is 4.23. The van der Waals surface area contributed by atoms with Crippen LogP contribution < -0.4 is 10.2 Å². The Kier molecular flexibility index (Phi) is 4.17. The molecule has 0 radical (unpaired) electrons. The number of halogens is 2. The Labute approximate surface area is 138 Å². The molecule has 0 bridgehead atoms. The van der Waals surface area contributed by atoms with Gasteiger partial charge in [-0.25, -0.2) is 9.29 Å². The van der Waals surface area contributed by atoms with Crippen LogP contribution in [-0.2, 0) is 4.79 Å². The maximum atomic E-state index is 13.0. The van der Waals surface area contributed by atoms with Gasteiger partial charge in [-0.3, -0.25) is 9.59 Å². The van der Waals surface area contributed by atoms with Gasteiger partial charge in [0.25, 0.3) is 11.1 Å². The average Bonchev–Trinajstić information content (AvgIpc) is 2.77. The Morgan fingerprint density at radius 1 is 1.05 bits per heavy atom. The minimum Gasteiger partial charge on any atom is -0.365 e. The largest absolute Gasteiger partial charge is 0.365 e. The van der Waals surface area contributed by atoms with Gasteiger partial charge in [-0.05, 0) is 60.3 Å². The minimum absolute atomic E-state index is 0.365. The van der Waals surface area contributed by atoms with E-state index in [1.54, 1.807) is 0 Å². The lowest BCUT2D eigenvalue weighted by molar-refractivity contribution is -0.116. The fourth-order valence-electron chi connectivity index (χ4n) is 2.02. The predicted molar refractivity (Wildman–Crippen MR) is 88.4 cm³/mol. The van der Waals surface area contributed by atoms with Gasteiger partial charge in [0.2, 0.25) is 0 Å². The summed E-state index contributed by atoms with van der Waals surface area (Å²) in [5.41, 5.74) is 1.10. The van der Waals surface area contributed by atoms with Crippen LogP contribution in [0.5, 0.6) is 0 Å². The lowest BCUT2D eigenvalue weighted by Crippen LogP contribution is -2.34. The second kappa shape index (κ2) is 6.10. The van der Waals surface area contributed by atoms with Crippen LogP contribution in [0.2, 0.25) is 0 Å². The highest BCUT2D eigenvalue weighted by Gasteiger charge is 2.40. The Morgan fingerprint density at radius 3 is 2.32 bits per heavy atom. The van der Waals surface area contributed by atoms with Gasteiger partial charge in [0, 0.05) is 10.2 Å². The standard InChI is InChI=1S/C15H10BrFN2O2S/c16-9-1-5-11(6-2-9)18-13-14(20)19(15(21)22-13)12-7-3-10(17)4-8-12/h1-8,13,18H. The van der Waals surface area contributed by atoms with Crippen LogP contribution in [0, 0.1) is 5.82 Å². The zero-order valence-electron chi connectivity index (χ0n) is 11.1. The summed E-state index contributed by atoms with van der Waals surface area (Å²) in [6, 6.07) is 12.6. The second-order valence-electron chi connectivity index (χ2n) is 4.57. The van der Waals surface area contributed by atoms with E-state index in [0.717, 1.165) is 26.8 Å². The number of amides is 2. The van der Waals surface area contributed by atoms with Crippen LogP contribution in [-0.4, -0.2) is 16.5 Å². The van der Waals surface area contributed by atoms with E-state index in [4.69, 9.17) is 0 Å². The molecule has 1 atom stereocenters. The van der Waals surface area contributed by atoms with E-state index >= 15 is 0 Å². The van der Waals surface area contributed by atoms with E-state index in [9.17, 15) is 14.0 Å². The quantitative estimate of drug-likeness (QED) is 0.865. The maximum absolute atomic E-state index is 13.0. The molecule has 3 rings (SSSR count). The third-order valence-corrected chi connectivity index (χ3v) is 4.54. The summed E-state index contributed by atoms with van der Waals surface area (Å²) in [6.45, 7) is 0. The summed E-state index contributed by atoms with van der Waals surface area (Å²) in [5.74, 6) is -0.787. The molecular weight excluding hydrogens is 371 g/mol. The number of imide groups is 1. The molecule has 1 heterocycles. The van der Waals surface area contributed by atoms with Crippen molar-refractivity contribution >= 4 is 50.2 Å². The molecule has 2 aromatic carbocycles. The smallest absolute Gasteiger partial charge is 0.295 e. The molecule has 0 aromatic heterocycles. The van der Waals surface area contributed by atoms with Crippen LogP contribution in [0.4, 0.5) is 20.6 Å². The fraction of sp³-hybridized carbons (Fsp3) is 0.0667. The van der Waals surface area contributed by atoms with E-state index in [1.807, 2.05) is 24.3 Å². The molecule has 0 spiro atoms. The van der Waals surface area contributed by atoms with Crippen molar-refractivity contribution in [1.82, 2.24) is 0 Å². The summed E-state index contributed by atoms with van der Waals surface area (Å²) in [7, 11) is 0. The van der Waals surface area contributed by atoms with Crippen molar-refractivity contribution in [2.24, 2.45) is 0 Å². The molecule has 4 nitrogen and oxygen atoms in total. The lowest BCUT2D eigenvalue weighted by atomic mass is 10.3. The number of benzene rings is 2. The maximum Gasteiger partial charge on any atom is 0.295 e. The van der Waals surface area contributed by atoms with E-state index < -0.39 is 11.2 Å². The SMILES string of the molecule is O=C1SC(Nc2ccc(Br)cc2)C(=O)N1c1ccc(F)cc1. The first-order valence-corrected chi connectivity index (χ1v) is 8.04. The van der Waals surface area contributed by atoms with Crippen LogP contribution in [0.3, 0.4) is 0 Å². The van der Waals surface area contributed by atoms with E-state index in [-0.39, 0.29) is 11.1 Å². The second-order valence-corrected chi connectivity index (χ2v) is 6.54. The summed E-state index contributed by atoms with van der Waals surface area (Å²) in [4.78, 5) is 25.5. The van der Waals surface area contributed by atoms with Gasteiger partial charge < -0.3 is 5.32 Å². The Balaban J connectivity index is 1.79. The first-order valence-electron chi connectivity index (χ1n) is 6.37. The van der Waals surface area contributed by atoms with Gasteiger partial charge in [-0.1, -0.05) is 15.9 Å². The Hall–Kier alpha value is -1.86. The molecule has 1 fully saturated rings. The van der Waals surface area contributed by atoms with Crippen LogP contribution in [0.15, 0.2) is 53.0 Å². The number of hydrogen-bond acceptors (Lipinski definition) is 4. The molecule has 1 saturated heterocycles. The summed E-state index contributed by atoms with van der Waals surface area (Å²) < 4.78 is 13.9. The number of rotatable bonds is 3. The van der Waals surface area contributed by atoms with Crippen molar-refractivity contribution in [2.45, 2.75) is 5.37 Å². The first kappa shape index (κ1) is 15.1. The molecule has 2 aromatic rings. The number of hydrogen-bond donors (Lipinski definition) is 1. The highest BCUT2D eigenvalue weighted by molar-refractivity contribution is 9.10. The van der Waals surface area contributed by atoms with Crippen molar-refractivity contribution in [3.63, 3.8) is 0 Å². The van der Waals surface area contributed by atoms with Crippen molar-refractivity contribution in [1.29, 1.82) is 0 Å². The number of nitrogens with one attached hydrogen (secondary N) is 1. The molecule has 112 valence electrons. The van der Waals surface area contributed by atoms with Crippen LogP contribution >= 0.6 is 27.7 Å². The molecule has 1 aliphatic rings. The number of anilines is 2. The Bertz CT molecular complexity index is 721. The third kappa shape index (κ3) is 3.00. The summed E-state index contributed by atoms with van der Waals surface area (Å²) >= 11 is 4.23. The molecule has 0 saturated carbocycles. The monoisotopic (exact) mass is 380 g/mol. The normalized spacial score (nSPS) is 17.9.